The van der Waals surface area contributed by atoms with E-state index < -0.39 is 0 Å². The molecule has 1 heterocycles. The van der Waals surface area contributed by atoms with E-state index in [1.165, 1.54) is 0 Å². The third kappa shape index (κ3) is 5.49. The van der Waals surface area contributed by atoms with Gasteiger partial charge in [-0.3, -0.25) is 4.79 Å². The predicted molar refractivity (Wildman–Crippen MR) is 66.5 cm³/mol. The topological polar surface area (TPSA) is 81.2 Å². The second kappa shape index (κ2) is 5.31. The first kappa shape index (κ1) is 13.7. The number of rotatable bonds is 4. The van der Waals surface area contributed by atoms with Gasteiger partial charge in [0.25, 0.3) is 0 Å². The highest BCUT2D eigenvalue weighted by atomic mass is 16.5. The molecular weight excluding hydrogens is 218 g/mol. The molecule has 96 valence electrons. The van der Waals surface area contributed by atoms with Crippen molar-refractivity contribution >= 4 is 11.7 Å². The zero-order valence-corrected chi connectivity index (χ0v) is 10.9. The van der Waals surface area contributed by atoms with Gasteiger partial charge in [0.15, 0.2) is 5.82 Å². The van der Waals surface area contributed by atoms with E-state index in [0.29, 0.717) is 18.0 Å². The second-order valence-electron chi connectivity index (χ2n) is 5.60. The monoisotopic (exact) mass is 239 g/mol. The second-order valence-corrected chi connectivity index (χ2v) is 5.60. The lowest BCUT2D eigenvalue weighted by molar-refractivity contribution is -0.116. The molecule has 1 amide bonds. The summed E-state index contributed by atoms with van der Waals surface area (Å²) >= 11 is 0. The number of aryl methyl sites for hydroxylation is 1. The fourth-order valence-corrected chi connectivity index (χ4v) is 1.72. The Balaban J connectivity index is 2.39. The highest BCUT2D eigenvalue weighted by Crippen LogP contribution is 2.21. The summed E-state index contributed by atoms with van der Waals surface area (Å²) in [4.78, 5) is 11.6. The maximum atomic E-state index is 11.6. The van der Waals surface area contributed by atoms with Gasteiger partial charge < -0.3 is 15.6 Å². The van der Waals surface area contributed by atoms with E-state index in [4.69, 9.17) is 10.3 Å². The van der Waals surface area contributed by atoms with Gasteiger partial charge in [0.2, 0.25) is 5.91 Å². The fourth-order valence-electron chi connectivity index (χ4n) is 1.72. The number of nitrogens with two attached hydrogens (primary N) is 1. The summed E-state index contributed by atoms with van der Waals surface area (Å²) in [5.74, 6) is 0.977. The lowest BCUT2D eigenvalue weighted by Crippen LogP contribution is -2.31. The summed E-state index contributed by atoms with van der Waals surface area (Å²) in [5, 5.41) is 6.35. The van der Waals surface area contributed by atoms with Crippen molar-refractivity contribution in [3.8, 4) is 0 Å². The molecule has 0 saturated heterocycles. The first-order valence-electron chi connectivity index (χ1n) is 5.75. The summed E-state index contributed by atoms with van der Waals surface area (Å²) < 4.78 is 4.85. The first-order chi connectivity index (χ1) is 7.76. The van der Waals surface area contributed by atoms with Crippen LogP contribution in [0.1, 0.15) is 39.4 Å². The number of nitrogens with zero attached hydrogens (tertiary/aromatic N) is 1. The van der Waals surface area contributed by atoms with Crippen LogP contribution in [-0.2, 0) is 4.79 Å². The van der Waals surface area contributed by atoms with E-state index in [9.17, 15) is 4.79 Å². The summed E-state index contributed by atoms with van der Waals surface area (Å²) in [6.45, 7) is 8.08. The lowest BCUT2D eigenvalue weighted by atomic mass is 9.87. The third-order valence-electron chi connectivity index (χ3n) is 2.22. The van der Waals surface area contributed by atoms with Gasteiger partial charge in [-0.2, -0.15) is 0 Å². The fraction of sp³-hybridized carbons (Fsp3) is 0.667. The van der Waals surface area contributed by atoms with Crippen molar-refractivity contribution in [2.75, 3.05) is 5.32 Å². The van der Waals surface area contributed by atoms with Crippen LogP contribution in [0.5, 0.6) is 0 Å². The minimum atomic E-state index is -0.136. The minimum absolute atomic E-state index is 0.129. The smallest absolute Gasteiger partial charge is 0.227 e. The van der Waals surface area contributed by atoms with Crippen LogP contribution < -0.4 is 11.1 Å². The number of nitrogens with one attached hydrogen (secondary N) is 1. The third-order valence-corrected chi connectivity index (χ3v) is 2.22. The molecule has 0 saturated carbocycles. The molecule has 5 nitrogen and oxygen atoms in total. The molecule has 1 unspecified atom stereocenters. The highest BCUT2D eigenvalue weighted by molar-refractivity contribution is 5.90. The Labute approximate surface area is 102 Å². The summed E-state index contributed by atoms with van der Waals surface area (Å²) in [7, 11) is 0. The maximum absolute atomic E-state index is 11.6. The van der Waals surface area contributed by atoms with Crippen molar-refractivity contribution in [3.05, 3.63) is 11.8 Å². The molecule has 0 aliphatic carbocycles. The number of hydrogen-bond acceptors (Lipinski definition) is 4. The number of aromatic nitrogens is 1. The first-order valence-corrected chi connectivity index (χ1v) is 5.75. The van der Waals surface area contributed by atoms with Crippen molar-refractivity contribution in [2.45, 2.75) is 46.6 Å². The number of hydrogen-bond donors (Lipinski definition) is 2. The molecule has 0 aromatic carbocycles. The van der Waals surface area contributed by atoms with Gasteiger partial charge in [0, 0.05) is 18.5 Å². The lowest BCUT2D eigenvalue weighted by Gasteiger charge is -2.22. The van der Waals surface area contributed by atoms with Crippen molar-refractivity contribution in [2.24, 2.45) is 11.1 Å². The van der Waals surface area contributed by atoms with Gasteiger partial charge in [-0.15, -0.1) is 0 Å². The van der Waals surface area contributed by atoms with Crippen molar-refractivity contribution in [1.29, 1.82) is 0 Å². The Morgan fingerprint density at radius 3 is 2.71 bits per heavy atom. The minimum Gasteiger partial charge on any atom is -0.360 e. The summed E-state index contributed by atoms with van der Waals surface area (Å²) in [6.07, 6.45) is 1.10. The van der Waals surface area contributed by atoms with E-state index >= 15 is 0 Å². The molecular formula is C12H21N3O2. The average molecular weight is 239 g/mol. The van der Waals surface area contributed by atoms with Crippen LogP contribution >= 0.6 is 0 Å². The molecule has 0 bridgehead atoms. The van der Waals surface area contributed by atoms with Crippen molar-refractivity contribution in [3.63, 3.8) is 0 Å². The predicted octanol–water partition coefficient (Wildman–Crippen LogP) is 2.08. The number of carbonyl (C=O) groups is 1. The van der Waals surface area contributed by atoms with Crippen LogP contribution in [0.15, 0.2) is 10.6 Å². The molecule has 0 spiro atoms. The SMILES string of the molecule is Cc1cc(NC(=O)CC(N)CC(C)(C)C)no1. The highest BCUT2D eigenvalue weighted by Gasteiger charge is 2.18. The van der Waals surface area contributed by atoms with Crippen LogP contribution in [0.2, 0.25) is 0 Å². The maximum Gasteiger partial charge on any atom is 0.227 e. The molecule has 0 aliphatic heterocycles. The van der Waals surface area contributed by atoms with Crippen molar-refractivity contribution < 1.29 is 9.32 Å². The molecule has 5 heteroatoms. The largest absolute Gasteiger partial charge is 0.360 e. The van der Waals surface area contributed by atoms with Crippen LogP contribution in [0.25, 0.3) is 0 Å². The quantitative estimate of drug-likeness (QED) is 0.842. The molecule has 0 fully saturated rings. The van der Waals surface area contributed by atoms with E-state index in [-0.39, 0.29) is 17.4 Å². The van der Waals surface area contributed by atoms with E-state index in [2.05, 4.69) is 31.2 Å². The molecule has 1 atom stereocenters. The molecule has 1 aromatic rings. The van der Waals surface area contributed by atoms with Crippen LogP contribution in [0.4, 0.5) is 5.82 Å². The number of anilines is 1. The Morgan fingerprint density at radius 2 is 2.24 bits per heavy atom. The van der Waals surface area contributed by atoms with Crippen molar-refractivity contribution in [1.82, 2.24) is 5.16 Å². The zero-order chi connectivity index (χ0) is 13.1. The van der Waals surface area contributed by atoms with Gasteiger partial charge in [-0.05, 0) is 18.8 Å². The van der Waals surface area contributed by atoms with Gasteiger partial charge in [0.1, 0.15) is 5.76 Å². The normalized spacial score (nSPS) is 13.5. The Kier molecular flexibility index (Phi) is 4.28. The van der Waals surface area contributed by atoms with E-state index in [1.807, 2.05) is 0 Å². The van der Waals surface area contributed by atoms with Gasteiger partial charge in [-0.25, -0.2) is 0 Å². The molecule has 3 N–H and O–H groups in total. The molecule has 17 heavy (non-hydrogen) atoms. The van der Waals surface area contributed by atoms with Crippen LogP contribution in [0.3, 0.4) is 0 Å². The Hall–Kier alpha value is -1.36. The summed E-state index contributed by atoms with van der Waals surface area (Å²) in [6, 6.07) is 1.54. The van der Waals surface area contributed by atoms with Crippen LogP contribution in [0, 0.1) is 12.3 Å². The molecule has 0 aliphatic rings. The average Bonchev–Trinajstić information content (AvgIpc) is 2.46. The molecule has 1 rings (SSSR count). The standard InChI is InChI=1S/C12H21N3O2/c1-8-5-10(15-17-8)14-11(16)6-9(13)7-12(2,3)4/h5,9H,6-7,13H2,1-4H3,(H,14,15,16). The van der Waals surface area contributed by atoms with Gasteiger partial charge >= 0.3 is 0 Å². The van der Waals surface area contributed by atoms with E-state index in [1.54, 1.807) is 13.0 Å². The number of amides is 1. The Morgan fingerprint density at radius 1 is 1.59 bits per heavy atom. The molecule has 1 aromatic heterocycles. The zero-order valence-electron chi connectivity index (χ0n) is 10.9. The number of carbonyl (C=O) groups excluding carboxylic acids is 1. The summed E-state index contributed by atoms with van der Waals surface area (Å²) in [5.41, 5.74) is 6.04. The van der Waals surface area contributed by atoms with E-state index in [0.717, 1.165) is 6.42 Å². The Bertz CT molecular complexity index is 379. The molecule has 0 radical (unpaired) electrons. The van der Waals surface area contributed by atoms with Gasteiger partial charge in [0.05, 0.1) is 0 Å². The van der Waals surface area contributed by atoms with Crippen LogP contribution in [-0.4, -0.2) is 17.1 Å². The van der Waals surface area contributed by atoms with Gasteiger partial charge in [-0.1, -0.05) is 25.9 Å².